The van der Waals surface area contributed by atoms with Crippen molar-refractivity contribution in [3.63, 3.8) is 0 Å². The Morgan fingerprint density at radius 1 is 1.06 bits per heavy atom. The predicted octanol–water partition coefficient (Wildman–Crippen LogP) is 3.31. The SMILES string of the molecule is Cc1ccc(C(O)c2ccc(N)cc2)cc1Cl. The summed E-state index contributed by atoms with van der Waals surface area (Å²) in [5.41, 5.74) is 8.88. The minimum Gasteiger partial charge on any atom is -0.399 e. The number of hydrogen-bond acceptors (Lipinski definition) is 2. The molecule has 17 heavy (non-hydrogen) atoms. The number of benzene rings is 2. The van der Waals surface area contributed by atoms with Crippen molar-refractivity contribution in [2.45, 2.75) is 13.0 Å². The molecule has 1 atom stereocenters. The Hall–Kier alpha value is -1.51. The van der Waals surface area contributed by atoms with Gasteiger partial charge in [0.2, 0.25) is 0 Å². The molecule has 0 fully saturated rings. The average molecular weight is 248 g/mol. The summed E-state index contributed by atoms with van der Waals surface area (Å²) in [6.07, 6.45) is -0.673. The van der Waals surface area contributed by atoms with Gasteiger partial charge in [-0.05, 0) is 41.8 Å². The van der Waals surface area contributed by atoms with Crippen LogP contribution < -0.4 is 5.73 Å². The van der Waals surface area contributed by atoms with Crippen LogP contribution >= 0.6 is 11.6 Å². The van der Waals surface area contributed by atoms with Crippen LogP contribution in [0.4, 0.5) is 5.69 Å². The maximum absolute atomic E-state index is 10.2. The van der Waals surface area contributed by atoms with Crippen LogP contribution in [-0.2, 0) is 0 Å². The fourth-order valence-electron chi connectivity index (χ4n) is 1.65. The van der Waals surface area contributed by atoms with Gasteiger partial charge in [0.1, 0.15) is 6.10 Å². The van der Waals surface area contributed by atoms with Crippen molar-refractivity contribution >= 4 is 17.3 Å². The number of nitrogen functional groups attached to an aromatic ring is 1. The first-order valence-corrected chi connectivity index (χ1v) is 5.75. The number of nitrogens with two attached hydrogens (primary N) is 1. The third-order valence-corrected chi connectivity index (χ3v) is 3.17. The Morgan fingerprint density at radius 2 is 1.65 bits per heavy atom. The summed E-state index contributed by atoms with van der Waals surface area (Å²) in [5.74, 6) is 0. The van der Waals surface area contributed by atoms with Crippen LogP contribution in [0.15, 0.2) is 42.5 Å². The first-order chi connectivity index (χ1) is 8.08. The molecule has 0 saturated carbocycles. The Labute approximate surface area is 106 Å². The van der Waals surface area contributed by atoms with Crippen LogP contribution in [0.3, 0.4) is 0 Å². The number of anilines is 1. The highest BCUT2D eigenvalue weighted by Crippen LogP contribution is 2.26. The standard InChI is InChI=1S/C14H14ClNO/c1-9-2-3-11(8-13(9)15)14(17)10-4-6-12(16)7-5-10/h2-8,14,17H,16H2,1H3. The van der Waals surface area contributed by atoms with E-state index in [1.165, 1.54) is 0 Å². The molecular formula is C14H14ClNO. The van der Waals surface area contributed by atoms with Crippen LogP contribution in [0, 0.1) is 6.92 Å². The van der Waals surface area contributed by atoms with Gasteiger partial charge in [-0.25, -0.2) is 0 Å². The Bertz CT molecular complexity index is 522. The third kappa shape index (κ3) is 2.60. The zero-order chi connectivity index (χ0) is 12.4. The maximum atomic E-state index is 10.2. The molecule has 0 aliphatic rings. The zero-order valence-electron chi connectivity index (χ0n) is 9.52. The van der Waals surface area contributed by atoms with Gasteiger partial charge in [0.15, 0.2) is 0 Å². The van der Waals surface area contributed by atoms with Crippen molar-refractivity contribution in [1.82, 2.24) is 0 Å². The first kappa shape index (κ1) is 12.0. The molecule has 0 bridgehead atoms. The van der Waals surface area contributed by atoms with Gasteiger partial charge in [0.05, 0.1) is 0 Å². The highest BCUT2D eigenvalue weighted by Gasteiger charge is 2.11. The summed E-state index contributed by atoms with van der Waals surface area (Å²) < 4.78 is 0. The lowest BCUT2D eigenvalue weighted by atomic mass is 10.0. The molecule has 0 heterocycles. The van der Waals surface area contributed by atoms with E-state index in [1.54, 1.807) is 18.2 Å². The fraction of sp³-hybridized carbons (Fsp3) is 0.143. The molecule has 88 valence electrons. The van der Waals surface area contributed by atoms with Gasteiger partial charge in [0.25, 0.3) is 0 Å². The van der Waals surface area contributed by atoms with Crippen LogP contribution in [0.2, 0.25) is 5.02 Å². The number of aryl methyl sites for hydroxylation is 1. The molecule has 0 aliphatic carbocycles. The second-order valence-corrected chi connectivity index (χ2v) is 4.49. The minimum atomic E-state index is -0.673. The lowest BCUT2D eigenvalue weighted by molar-refractivity contribution is 0.220. The summed E-state index contributed by atoms with van der Waals surface area (Å²) in [7, 11) is 0. The molecule has 2 aromatic carbocycles. The van der Waals surface area contributed by atoms with E-state index in [-0.39, 0.29) is 0 Å². The monoisotopic (exact) mass is 247 g/mol. The molecule has 3 heteroatoms. The minimum absolute atomic E-state index is 0.664. The summed E-state index contributed by atoms with van der Waals surface area (Å²) in [6.45, 7) is 1.93. The molecule has 0 spiro atoms. The van der Waals surface area contributed by atoms with Gasteiger partial charge in [-0.3, -0.25) is 0 Å². The van der Waals surface area contributed by atoms with E-state index < -0.39 is 6.10 Å². The van der Waals surface area contributed by atoms with E-state index in [0.717, 1.165) is 16.7 Å². The number of rotatable bonds is 2. The van der Waals surface area contributed by atoms with Gasteiger partial charge < -0.3 is 10.8 Å². The maximum Gasteiger partial charge on any atom is 0.104 e. The van der Waals surface area contributed by atoms with Crippen molar-refractivity contribution in [1.29, 1.82) is 0 Å². The van der Waals surface area contributed by atoms with Crippen molar-refractivity contribution < 1.29 is 5.11 Å². The Kier molecular flexibility index (Phi) is 3.36. The number of aliphatic hydroxyl groups excluding tert-OH is 1. The molecule has 0 radical (unpaired) electrons. The quantitative estimate of drug-likeness (QED) is 0.800. The summed E-state index contributed by atoms with van der Waals surface area (Å²) in [6, 6.07) is 12.7. The molecule has 2 aromatic rings. The molecular weight excluding hydrogens is 234 g/mol. The Balaban J connectivity index is 2.33. The van der Waals surface area contributed by atoms with E-state index in [9.17, 15) is 5.11 Å². The van der Waals surface area contributed by atoms with Crippen molar-refractivity contribution in [3.8, 4) is 0 Å². The fourth-order valence-corrected chi connectivity index (χ4v) is 1.84. The van der Waals surface area contributed by atoms with E-state index >= 15 is 0 Å². The average Bonchev–Trinajstić information content (AvgIpc) is 2.33. The van der Waals surface area contributed by atoms with Crippen LogP contribution in [0.1, 0.15) is 22.8 Å². The molecule has 0 saturated heterocycles. The Morgan fingerprint density at radius 3 is 2.24 bits per heavy atom. The lowest BCUT2D eigenvalue weighted by Crippen LogP contribution is -2.00. The van der Waals surface area contributed by atoms with Gasteiger partial charge in [0, 0.05) is 10.7 Å². The number of aliphatic hydroxyl groups is 1. The molecule has 0 aliphatic heterocycles. The second-order valence-electron chi connectivity index (χ2n) is 4.08. The molecule has 0 amide bonds. The van der Waals surface area contributed by atoms with E-state index in [1.807, 2.05) is 31.2 Å². The number of hydrogen-bond donors (Lipinski definition) is 2. The third-order valence-electron chi connectivity index (χ3n) is 2.76. The molecule has 1 unspecified atom stereocenters. The summed E-state index contributed by atoms with van der Waals surface area (Å²) in [5, 5.41) is 10.9. The summed E-state index contributed by atoms with van der Waals surface area (Å²) in [4.78, 5) is 0. The zero-order valence-corrected chi connectivity index (χ0v) is 10.3. The van der Waals surface area contributed by atoms with Crippen LogP contribution in [0.25, 0.3) is 0 Å². The molecule has 2 rings (SSSR count). The van der Waals surface area contributed by atoms with Crippen molar-refractivity contribution in [2.75, 3.05) is 5.73 Å². The molecule has 2 nitrogen and oxygen atoms in total. The highest BCUT2D eigenvalue weighted by molar-refractivity contribution is 6.31. The van der Waals surface area contributed by atoms with E-state index in [0.29, 0.717) is 10.7 Å². The summed E-state index contributed by atoms with van der Waals surface area (Å²) >= 11 is 6.04. The largest absolute Gasteiger partial charge is 0.399 e. The smallest absolute Gasteiger partial charge is 0.104 e. The van der Waals surface area contributed by atoms with Gasteiger partial charge in [-0.2, -0.15) is 0 Å². The van der Waals surface area contributed by atoms with E-state index in [2.05, 4.69) is 0 Å². The predicted molar refractivity (Wildman–Crippen MR) is 71.1 cm³/mol. The van der Waals surface area contributed by atoms with Crippen LogP contribution in [0.5, 0.6) is 0 Å². The van der Waals surface area contributed by atoms with Crippen LogP contribution in [-0.4, -0.2) is 5.11 Å². The first-order valence-electron chi connectivity index (χ1n) is 5.37. The van der Waals surface area contributed by atoms with Crippen molar-refractivity contribution in [2.24, 2.45) is 0 Å². The van der Waals surface area contributed by atoms with E-state index in [4.69, 9.17) is 17.3 Å². The topological polar surface area (TPSA) is 46.2 Å². The molecule has 0 aromatic heterocycles. The normalized spacial score (nSPS) is 12.4. The highest BCUT2D eigenvalue weighted by atomic mass is 35.5. The lowest BCUT2D eigenvalue weighted by Gasteiger charge is -2.12. The number of halogens is 1. The second kappa shape index (κ2) is 4.78. The van der Waals surface area contributed by atoms with Gasteiger partial charge >= 0.3 is 0 Å². The van der Waals surface area contributed by atoms with Crippen molar-refractivity contribution in [3.05, 3.63) is 64.2 Å². The van der Waals surface area contributed by atoms with Gasteiger partial charge in [-0.1, -0.05) is 35.9 Å². The molecule has 3 N–H and O–H groups in total. The van der Waals surface area contributed by atoms with Gasteiger partial charge in [-0.15, -0.1) is 0 Å².